The van der Waals surface area contributed by atoms with Gasteiger partial charge >= 0.3 is 5.69 Å². The molecule has 0 bridgehead atoms. The van der Waals surface area contributed by atoms with E-state index in [0.29, 0.717) is 24.7 Å². The van der Waals surface area contributed by atoms with Crippen LogP contribution >= 0.6 is 0 Å². The number of fused-ring (bicyclic) bond motifs is 1. The van der Waals surface area contributed by atoms with E-state index in [1.807, 2.05) is 34.9 Å². The molecular formula is C25H28N8O3. The number of nitrogens with two attached hydrogens (primary N) is 1. The molecule has 0 radical (unpaired) electrons. The minimum atomic E-state index is -0.611. The number of aryl methyl sites for hydroxylation is 1. The van der Waals surface area contributed by atoms with Crippen LogP contribution in [-0.2, 0) is 24.9 Å². The van der Waals surface area contributed by atoms with Gasteiger partial charge in [0.15, 0.2) is 11.2 Å². The lowest BCUT2D eigenvalue weighted by Gasteiger charge is -2.31. The molecule has 11 nitrogen and oxygen atoms in total. The first-order chi connectivity index (χ1) is 17.4. The lowest BCUT2D eigenvalue weighted by Crippen LogP contribution is -2.44. The van der Waals surface area contributed by atoms with E-state index in [9.17, 15) is 14.4 Å². The molecule has 36 heavy (non-hydrogen) atoms. The summed E-state index contributed by atoms with van der Waals surface area (Å²) < 4.78 is 4.10. The zero-order valence-corrected chi connectivity index (χ0v) is 20.0. The van der Waals surface area contributed by atoms with Gasteiger partial charge in [0, 0.05) is 32.4 Å². The van der Waals surface area contributed by atoms with Crippen LogP contribution < -0.4 is 27.2 Å². The van der Waals surface area contributed by atoms with E-state index in [1.54, 1.807) is 25.4 Å². The Bertz CT molecular complexity index is 1510. The van der Waals surface area contributed by atoms with Crippen molar-refractivity contribution in [1.82, 2.24) is 23.7 Å². The van der Waals surface area contributed by atoms with Crippen molar-refractivity contribution in [1.29, 1.82) is 0 Å². The highest BCUT2D eigenvalue weighted by Crippen LogP contribution is 2.24. The number of hydrogen-bond donors (Lipinski definition) is 2. The van der Waals surface area contributed by atoms with Gasteiger partial charge in [-0.2, -0.15) is 4.98 Å². The van der Waals surface area contributed by atoms with Gasteiger partial charge in [-0.25, -0.2) is 9.36 Å². The second kappa shape index (κ2) is 9.78. The van der Waals surface area contributed by atoms with Crippen molar-refractivity contribution in [3.63, 3.8) is 0 Å². The molecule has 1 aromatic carbocycles. The molecule has 11 heteroatoms. The first-order valence-electron chi connectivity index (χ1n) is 11.9. The molecule has 0 unspecified atom stereocenters. The van der Waals surface area contributed by atoms with Crippen LogP contribution in [0.4, 0.5) is 11.6 Å². The summed E-state index contributed by atoms with van der Waals surface area (Å²) in [5.41, 5.74) is 7.06. The molecule has 0 aliphatic carbocycles. The normalized spacial score (nSPS) is 15.8. The van der Waals surface area contributed by atoms with Gasteiger partial charge in [-0.1, -0.05) is 30.3 Å². The van der Waals surface area contributed by atoms with Crippen molar-refractivity contribution in [3.05, 3.63) is 81.3 Å². The molecule has 3 N–H and O–H groups in total. The first kappa shape index (κ1) is 23.5. The predicted octanol–water partition coefficient (Wildman–Crippen LogP) is 0.906. The molecule has 1 amide bonds. The fourth-order valence-corrected chi connectivity index (χ4v) is 4.63. The lowest BCUT2D eigenvalue weighted by atomic mass is 10.1. The molecule has 4 heterocycles. The maximum Gasteiger partial charge on any atom is 0.332 e. The van der Waals surface area contributed by atoms with E-state index < -0.39 is 23.7 Å². The van der Waals surface area contributed by atoms with Crippen LogP contribution in [-0.4, -0.2) is 48.7 Å². The minimum absolute atomic E-state index is 0.000358. The summed E-state index contributed by atoms with van der Waals surface area (Å²) in [5.74, 6) is 0.0894. The molecule has 1 aliphatic heterocycles. The highest BCUT2D eigenvalue weighted by atomic mass is 16.2. The van der Waals surface area contributed by atoms with Crippen LogP contribution in [0.1, 0.15) is 18.4 Å². The van der Waals surface area contributed by atoms with Gasteiger partial charge < -0.3 is 16.0 Å². The highest BCUT2D eigenvalue weighted by molar-refractivity contribution is 5.90. The predicted molar refractivity (Wildman–Crippen MR) is 137 cm³/mol. The number of benzene rings is 1. The molecule has 1 fully saturated rings. The van der Waals surface area contributed by atoms with Crippen molar-refractivity contribution in [2.24, 2.45) is 12.8 Å². The van der Waals surface area contributed by atoms with Crippen molar-refractivity contribution in [3.8, 4) is 0 Å². The summed E-state index contributed by atoms with van der Waals surface area (Å²) >= 11 is 0. The van der Waals surface area contributed by atoms with Crippen LogP contribution in [0.2, 0.25) is 0 Å². The Morgan fingerprint density at radius 1 is 1.14 bits per heavy atom. The van der Waals surface area contributed by atoms with Crippen LogP contribution in [0.15, 0.2) is 64.4 Å². The molecular weight excluding hydrogens is 460 g/mol. The van der Waals surface area contributed by atoms with Gasteiger partial charge in [0.25, 0.3) is 5.56 Å². The average molecular weight is 489 g/mol. The number of hydrogen-bond acceptors (Lipinski definition) is 7. The maximum absolute atomic E-state index is 13.7. The number of amides is 1. The Morgan fingerprint density at radius 2 is 1.94 bits per heavy atom. The topological polar surface area (TPSA) is 133 Å². The second-order valence-corrected chi connectivity index (χ2v) is 9.03. The zero-order chi connectivity index (χ0) is 25.2. The van der Waals surface area contributed by atoms with Crippen molar-refractivity contribution >= 4 is 28.7 Å². The molecule has 186 valence electrons. The van der Waals surface area contributed by atoms with Crippen LogP contribution in [0.5, 0.6) is 0 Å². The fourth-order valence-electron chi connectivity index (χ4n) is 4.63. The molecule has 5 rings (SSSR count). The van der Waals surface area contributed by atoms with Gasteiger partial charge in [0.2, 0.25) is 11.9 Å². The Labute approximate surface area is 206 Å². The smallest absolute Gasteiger partial charge is 0.332 e. The highest BCUT2D eigenvalue weighted by Gasteiger charge is 2.27. The molecule has 3 aromatic heterocycles. The van der Waals surface area contributed by atoms with E-state index in [1.165, 1.54) is 10.8 Å². The number of nitrogens with one attached hydrogen (secondary N) is 1. The lowest BCUT2D eigenvalue weighted by molar-refractivity contribution is -0.116. The van der Waals surface area contributed by atoms with Crippen molar-refractivity contribution < 1.29 is 4.79 Å². The minimum Gasteiger partial charge on any atom is -0.341 e. The molecule has 0 spiro atoms. The van der Waals surface area contributed by atoms with Gasteiger partial charge in [-0.05, 0) is 30.5 Å². The monoisotopic (exact) mass is 488 g/mol. The third-order valence-electron chi connectivity index (χ3n) is 6.38. The van der Waals surface area contributed by atoms with Crippen molar-refractivity contribution in [2.45, 2.75) is 32.0 Å². The summed E-state index contributed by atoms with van der Waals surface area (Å²) in [6.07, 6.45) is 4.91. The number of carbonyl (C=O) groups is 1. The zero-order valence-electron chi connectivity index (χ0n) is 20.0. The number of rotatable bonds is 6. The van der Waals surface area contributed by atoms with Gasteiger partial charge in [0.05, 0.1) is 18.4 Å². The summed E-state index contributed by atoms with van der Waals surface area (Å²) in [6.45, 7) is 1.31. The SMILES string of the molecule is Cn1c(=O)n(CC(=O)Nc2cccnc2)c(=O)c2c1nc(N1CCC[C@@H](N)C1)n2Cc1ccccc1. The summed E-state index contributed by atoms with van der Waals surface area (Å²) in [7, 11) is 1.56. The quantitative estimate of drug-likeness (QED) is 0.412. The molecule has 4 aromatic rings. The number of aromatic nitrogens is 5. The molecule has 1 aliphatic rings. The average Bonchev–Trinajstić information content (AvgIpc) is 3.26. The Hall–Kier alpha value is -4.25. The molecule has 1 atom stereocenters. The standard InChI is InChI=1S/C25H28N8O3/c1-30-22-21(23(35)33(25(30)36)16-20(34)28-19-10-5-11-27-13-19)32(14-17-7-3-2-4-8-17)24(29-22)31-12-6-9-18(26)15-31/h2-5,7-8,10-11,13,18H,6,9,12,14-16,26H2,1H3,(H,28,34)/t18-/m1/s1. The third kappa shape index (κ3) is 4.52. The number of nitrogens with zero attached hydrogens (tertiary/aromatic N) is 6. The van der Waals surface area contributed by atoms with E-state index >= 15 is 0 Å². The Balaban J connectivity index is 1.62. The number of carbonyl (C=O) groups excluding carboxylic acids is 1. The summed E-state index contributed by atoms with van der Waals surface area (Å²) in [5, 5.41) is 2.67. The number of anilines is 2. The number of pyridine rings is 1. The first-order valence-corrected chi connectivity index (χ1v) is 11.9. The van der Waals surface area contributed by atoms with E-state index in [0.717, 1.165) is 29.5 Å². The maximum atomic E-state index is 13.7. The largest absolute Gasteiger partial charge is 0.341 e. The summed E-state index contributed by atoms with van der Waals surface area (Å²) in [4.78, 5) is 50.4. The van der Waals surface area contributed by atoms with Crippen LogP contribution in [0, 0.1) is 0 Å². The van der Waals surface area contributed by atoms with Crippen LogP contribution in [0.25, 0.3) is 11.2 Å². The van der Waals surface area contributed by atoms with E-state index in [-0.39, 0.29) is 17.2 Å². The van der Waals surface area contributed by atoms with E-state index in [4.69, 9.17) is 10.7 Å². The number of imidazole rings is 1. The molecule has 0 saturated carbocycles. The second-order valence-electron chi connectivity index (χ2n) is 9.03. The third-order valence-corrected chi connectivity index (χ3v) is 6.38. The molecule has 1 saturated heterocycles. The van der Waals surface area contributed by atoms with Crippen LogP contribution in [0.3, 0.4) is 0 Å². The number of piperidine rings is 1. The van der Waals surface area contributed by atoms with Gasteiger partial charge in [0.1, 0.15) is 6.54 Å². The van der Waals surface area contributed by atoms with E-state index in [2.05, 4.69) is 15.2 Å². The Morgan fingerprint density at radius 3 is 2.67 bits per heavy atom. The Kier molecular flexibility index (Phi) is 6.38. The van der Waals surface area contributed by atoms with Crippen molar-refractivity contribution in [2.75, 3.05) is 23.3 Å². The van der Waals surface area contributed by atoms with Gasteiger partial charge in [-0.3, -0.25) is 23.7 Å². The fraction of sp³-hybridized carbons (Fsp3) is 0.320. The van der Waals surface area contributed by atoms with Gasteiger partial charge in [-0.15, -0.1) is 0 Å². The summed E-state index contributed by atoms with van der Waals surface area (Å²) in [6, 6.07) is 13.1.